The van der Waals surface area contributed by atoms with Crippen LogP contribution in [0.4, 0.5) is 0 Å². The summed E-state index contributed by atoms with van der Waals surface area (Å²) in [6, 6.07) is 8.46. The molecule has 0 radical (unpaired) electrons. The summed E-state index contributed by atoms with van der Waals surface area (Å²) < 4.78 is 11.8. The van der Waals surface area contributed by atoms with Crippen LogP contribution < -0.4 is 0 Å². The third kappa shape index (κ3) is 3.15. The van der Waals surface area contributed by atoms with E-state index in [0.717, 1.165) is 19.4 Å². The first kappa shape index (κ1) is 15.0. The van der Waals surface area contributed by atoms with Crippen molar-refractivity contribution in [2.75, 3.05) is 13.2 Å². The van der Waals surface area contributed by atoms with Gasteiger partial charge in [0.1, 0.15) is 0 Å². The van der Waals surface area contributed by atoms with Crippen LogP contribution in [0.1, 0.15) is 56.8 Å². The molecule has 3 unspecified atom stereocenters. The van der Waals surface area contributed by atoms with Gasteiger partial charge in [0.25, 0.3) is 0 Å². The SMILES string of the molecule is CCC1(C)CC(O)(CC2OCCc3ccccc32)CCO1. The van der Waals surface area contributed by atoms with Gasteiger partial charge in [-0.25, -0.2) is 0 Å². The van der Waals surface area contributed by atoms with E-state index in [-0.39, 0.29) is 11.7 Å². The zero-order chi connectivity index (χ0) is 14.9. The van der Waals surface area contributed by atoms with E-state index in [1.165, 1.54) is 11.1 Å². The van der Waals surface area contributed by atoms with E-state index in [0.29, 0.717) is 25.9 Å². The molecule has 0 saturated carbocycles. The lowest BCUT2D eigenvalue weighted by molar-refractivity contribution is -0.168. The van der Waals surface area contributed by atoms with Crippen molar-refractivity contribution in [2.24, 2.45) is 0 Å². The Kier molecular flexibility index (Phi) is 4.08. The lowest BCUT2D eigenvalue weighted by atomic mass is 9.77. The predicted octanol–water partition coefficient (Wildman–Crippen LogP) is 3.40. The Balaban J connectivity index is 1.77. The first-order valence-corrected chi connectivity index (χ1v) is 8.09. The molecule has 2 heterocycles. The fourth-order valence-electron chi connectivity index (χ4n) is 3.72. The molecule has 2 aliphatic rings. The van der Waals surface area contributed by atoms with Gasteiger partial charge < -0.3 is 14.6 Å². The number of aliphatic hydroxyl groups is 1. The molecule has 3 atom stereocenters. The molecule has 1 aromatic carbocycles. The average Bonchev–Trinajstić information content (AvgIpc) is 2.47. The van der Waals surface area contributed by atoms with Crippen molar-refractivity contribution < 1.29 is 14.6 Å². The molecule has 0 spiro atoms. The smallest absolute Gasteiger partial charge is 0.0855 e. The van der Waals surface area contributed by atoms with Gasteiger partial charge >= 0.3 is 0 Å². The van der Waals surface area contributed by atoms with Gasteiger partial charge in [-0.1, -0.05) is 31.2 Å². The molecule has 2 aliphatic heterocycles. The fraction of sp³-hybridized carbons (Fsp3) is 0.667. The highest BCUT2D eigenvalue weighted by Gasteiger charge is 2.43. The standard InChI is InChI=1S/C18H26O3/c1-3-17(2)13-18(19,9-11-21-17)12-16-15-7-5-4-6-14(15)8-10-20-16/h4-7,16,19H,3,8-13H2,1-2H3. The largest absolute Gasteiger partial charge is 0.390 e. The zero-order valence-electron chi connectivity index (χ0n) is 13.1. The van der Waals surface area contributed by atoms with Crippen molar-refractivity contribution in [2.45, 2.75) is 63.3 Å². The molecular formula is C18H26O3. The average molecular weight is 290 g/mol. The van der Waals surface area contributed by atoms with Gasteiger partial charge in [0.15, 0.2) is 0 Å². The molecule has 1 aromatic rings. The van der Waals surface area contributed by atoms with Crippen LogP contribution in [0, 0.1) is 0 Å². The van der Waals surface area contributed by atoms with Crippen molar-refractivity contribution in [1.29, 1.82) is 0 Å². The number of hydrogen-bond donors (Lipinski definition) is 1. The minimum atomic E-state index is -0.682. The zero-order valence-corrected chi connectivity index (χ0v) is 13.1. The molecule has 3 heteroatoms. The Morgan fingerprint density at radius 3 is 2.90 bits per heavy atom. The Labute approximate surface area is 127 Å². The summed E-state index contributed by atoms with van der Waals surface area (Å²) in [7, 11) is 0. The summed E-state index contributed by atoms with van der Waals surface area (Å²) in [6.07, 6.45) is 3.98. The van der Waals surface area contributed by atoms with Gasteiger partial charge in [-0.15, -0.1) is 0 Å². The lowest BCUT2D eigenvalue weighted by Crippen LogP contribution is -2.48. The second-order valence-corrected chi connectivity index (χ2v) is 6.82. The van der Waals surface area contributed by atoms with E-state index in [1.807, 2.05) is 0 Å². The normalized spacial score (nSPS) is 36.2. The van der Waals surface area contributed by atoms with Crippen LogP contribution in [0.2, 0.25) is 0 Å². The van der Waals surface area contributed by atoms with E-state index in [1.54, 1.807) is 0 Å². The van der Waals surface area contributed by atoms with E-state index in [9.17, 15) is 5.11 Å². The fourth-order valence-corrected chi connectivity index (χ4v) is 3.72. The first-order valence-electron chi connectivity index (χ1n) is 8.09. The molecular weight excluding hydrogens is 264 g/mol. The third-order valence-electron chi connectivity index (χ3n) is 5.13. The summed E-state index contributed by atoms with van der Waals surface area (Å²) in [5, 5.41) is 11.1. The van der Waals surface area contributed by atoms with Crippen LogP contribution in [0.5, 0.6) is 0 Å². The van der Waals surface area contributed by atoms with Crippen LogP contribution >= 0.6 is 0 Å². The Morgan fingerprint density at radius 2 is 2.10 bits per heavy atom. The Bertz CT molecular complexity index is 501. The molecule has 0 bridgehead atoms. The van der Waals surface area contributed by atoms with Crippen LogP contribution in [-0.2, 0) is 15.9 Å². The maximum absolute atomic E-state index is 11.1. The van der Waals surface area contributed by atoms with E-state index < -0.39 is 5.60 Å². The van der Waals surface area contributed by atoms with Gasteiger partial charge in [0, 0.05) is 12.8 Å². The third-order valence-corrected chi connectivity index (χ3v) is 5.13. The number of hydrogen-bond acceptors (Lipinski definition) is 3. The number of rotatable bonds is 3. The van der Waals surface area contributed by atoms with Gasteiger partial charge in [0.2, 0.25) is 0 Å². The molecule has 0 amide bonds. The molecule has 1 N–H and O–H groups in total. The number of fused-ring (bicyclic) bond motifs is 1. The topological polar surface area (TPSA) is 38.7 Å². The minimum Gasteiger partial charge on any atom is -0.390 e. The van der Waals surface area contributed by atoms with Gasteiger partial charge in [-0.05, 0) is 37.3 Å². The molecule has 1 fully saturated rings. The predicted molar refractivity (Wildman–Crippen MR) is 82.3 cm³/mol. The maximum atomic E-state index is 11.1. The Hall–Kier alpha value is -0.900. The molecule has 1 saturated heterocycles. The quantitative estimate of drug-likeness (QED) is 0.927. The number of benzene rings is 1. The summed E-state index contributed by atoms with van der Waals surface area (Å²) in [4.78, 5) is 0. The monoisotopic (exact) mass is 290 g/mol. The second-order valence-electron chi connectivity index (χ2n) is 6.82. The van der Waals surface area contributed by atoms with Crippen molar-refractivity contribution in [3.63, 3.8) is 0 Å². The van der Waals surface area contributed by atoms with E-state index in [2.05, 4.69) is 38.1 Å². The summed E-state index contributed by atoms with van der Waals surface area (Å²) >= 11 is 0. The molecule has 21 heavy (non-hydrogen) atoms. The van der Waals surface area contributed by atoms with Crippen LogP contribution in [-0.4, -0.2) is 29.5 Å². The molecule has 3 rings (SSSR count). The maximum Gasteiger partial charge on any atom is 0.0855 e. The highest BCUT2D eigenvalue weighted by Crippen LogP contribution is 2.42. The number of ether oxygens (including phenoxy) is 2. The van der Waals surface area contributed by atoms with E-state index >= 15 is 0 Å². The van der Waals surface area contributed by atoms with Crippen molar-refractivity contribution in [3.8, 4) is 0 Å². The molecule has 0 aromatic heterocycles. The summed E-state index contributed by atoms with van der Waals surface area (Å²) in [5.74, 6) is 0. The van der Waals surface area contributed by atoms with Crippen LogP contribution in [0.15, 0.2) is 24.3 Å². The summed E-state index contributed by atoms with van der Waals surface area (Å²) in [6.45, 7) is 5.61. The van der Waals surface area contributed by atoms with Crippen molar-refractivity contribution >= 4 is 0 Å². The van der Waals surface area contributed by atoms with E-state index in [4.69, 9.17) is 9.47 Å². The lowest BCUT2D eigenvalue weighted by Gasteiger charge is -2.45. The molecule has 116 valence electrons. The second kappa shape index (κ2) is 5.71. The highest BCUT2D eigenvalue weighted by atomic mass is 16.5. The van der Waals surface area contributed by atoms with Gasteiger partial charge in [-0.3, -0.25) is 0 Å². The van der Waals surface area contributed by atoms with Crippen molar-refractivity contribution in [1.82, 2.24) is 0 Å². The highest BCUT2D eigenvalue weighted by molar-refractivity contribution is 5.31. The summed E-state index contributed by atoms with van der Waals surface area (Å²) in [5.41, 5.74) is 1.73. The minimum absolute atomic E-state index is 0.0131. The van der Waals surface area contributed by atoms with Crippen LogP contribution in [0.25, 0.3) is 0 Å². The van der Waals surface area contributed by atoms with Crippen molar-refractivity contribution in [3.05, 3.63) is 35.4 Å². The molecule has 0 aliphatic carbocycles. The van der Waals surface area contributed by atoms with Crippen LogP contribution in [0.3, 0.4) is 0 Å². The van der Waals surface area contributed by atoms with Gasteiger partial charge in [0.05, 0.1) is 30.5 Å². The van der Waals surface area contributed by atoms with Gasteiger partial charge in [-0.2, -0.15) is 0 Å². The first-order chi connectivity index (χ1) is 10.0. The Morgan fingerprint density at radius 1 is 1.29 bits per heavy atom. The molecule has 3 nitrogen and oxygen atoms in total.